The molecule has 2 rings (SSSR count). The van der Waals surface area contributed by atoms with Gasteiger partial charge in [-0.05, 0) is 30.7 Å². The minimum absolute atomic E-state index is 0.0483. The van der Waals surface area contributed by atoms with Gasteiger partial charge >= 0.3 is 12.6 Å². The van der Waals surface area contributed by atoms with Crippen LogP contribution >= 0.6 is 11.3 Å². The quantitative estimate of drug-likeness (QED) is 0.853. The summed E-state index contributed by atoms with van der Waals surface area (Å²) in [5.74, 6) is -0.446. The van der Waals surface area contributed by atoms with Crippen LogP contribution in [0.4, 0.5) is 14.5 Å². The second kappa shape index (κ2) is 6.53. The van der Waals surface area contributed by atoms with Gasteiger partial charge in [-0.3, -0.25) is 0 Å². The summed E-state index contributed by atoms with van der Waals surface area (Å²) in [4.78, 5) is 12.7. The van der Waals surface area contributed by atoms with Crippen molar-refractivity contribution in [2.24, 2.45) is 0 Å². The predicted molar refractivity (Wildman–Crippen MR) is 76.8 cm³/mol. The van der Waals surface area contributed by atoms with Crippen molar-refractivity contribution in [2.75, 3.05) is 12.3 Å². The fraction of sp³-hybridized carbons (Fsp3) is 0.214. The van der Waals surface area contributed by atoms with Crippen LogP contribution in [0.1, 0.15) is 16.6 Å². The summed E-state index contributed by atoms with van der Waals surface area (Å²) < 4.78 is 33.7. The van der Waals surface area contributed by atoms with E-state index in [1.165, 1.54) is 12.1 Å². The molecule has 7 heteroatoms. The number of thiophene rings is 1. The molecule has 0 aliphatic heterocycles. The van der Waals surface area contributed by atoms with Crippen LogP contribution in [0.3, 0.4) is 0 Å². The molecule has 0 radical (unpaired) electrons. The van der Waals surface area contributed by atoms with Crippen molar-refractivity contribution < 1.29 is 23.0 Å². The molecular formula is C14H13F2NO3S. The zero-order chi connectivity index (χ0) is 15.4. The minimum atomic E-state index is -2.89. The second-order valence-corrected chi connectivity index (χ2v) is 5.07. The maximum absolute atomic E-state index is 12.2. The molecule has 1 heterocycles. The van der Waals surface area contributed by atoms with Crippen molar-refractivity contribution in [3.05, 3.63) is 35.2 Å². The molecule has 0 spiro atoms. The van der Waals surface area contributed by atoms with E-state index in [1.807, 2.05) is 0 Å². The molecule has 0 atom stereocenters. The molecule has 0 aliphatic carbocycles. The summed E-state index contributed by atoms with van der Waals surface area (Å²) in [5.41, 5.74) is 6.73. The lowest BCUT2D eigenvalue weighted by Crippen LogP contribution is -2.04. The number of esters is 1. The van der Waals surface area contributed by atoms with Crippen LogP contribution in [0.5, 0.6) is 5.75 Å². The molecule has 2 aromatic rings. The molecule has 21 heavy (non-hydrogen) atoms. The van der Waals surface area contributed by atoms with Crippen LogP contribution < -0.4 is 10.5 Å². The van der Waals surface area contributed by atoms with E-state index in [-0.39, 0.29) is 12.4 Å². The van der Waals surface area contributed by atoms with Gasteiger partial charge in [-0.15, -0.1) is 11.3 Å². The van der Waals surface area contributed by atoms with Gasteiger partial charge in [0.15, 0.2) is 0 Å². The highest BCUT2D eigenvalue weighted by Crippen LogP contribution is 2.35. The van der Waals surface area contributed by atoms with Gasteiger partial charge in [0.05, 0.1) is 12.3 Å². The standard InChI is InChI=1S/C14H13F2NO3S/c1-2-19-13(18)12-10(17)7-11(21-12)8-4-3-5-9(6-8)20-14(15)16/h3-7,14H,2,17H2,1H3. The summed E-state index contributed by atoms with van der Waals surface area (Å²) in [6.07, 6.45) is 0. The Morgan fingerprint density at radius 1 is 1.38 bits per heavy atom. The zero-order valence-corrected chi connectivity index (χ0v) is 12.0. The van der Waals surface area contributed by atoms with Crippen LogP contribution in [0, 0.1) is 0 Å². The van der Waals surface area contributed by atoms with Crippen LogP contribution in [-0.4, -0.2) is 19.2 Å². The topological polar surface area (TPSA) is 61.5 Å². The smallest absolute Gasteiger partial charge is 0.387 e. The van der Waals surface area contributed by atoms with Crippen molar-refractivity contribution in [3.8, 4) is 16.2 Å². The average Bonchev–Trinajstić information content (AvgIpc) is 2.81. The minimum Gasteiger partial charge on any atom is -0.462 e. The monoisotopic (exact) mass is 313 g/mol. The number of ether oxygens (including phenoxy) is 2. The Kier molecular flexibility index (Phi) is 4.74. The molecule has 0 fully saturated rings. The van der Waals surface area contributed by atoms with Gasteiger partial charge in [-0.2, -0.15) is 8.78 Å². The molecule has 112 valence electrons. The van der Waals surface area contributed by atoms with Crippen molar-refractivity contribution >= 4 is 23.0 Å². The first-order chi connectivity index (χ1) is 10.0. The number of hydrogen-bond acceptors (Lipinski definition) is 5. The Morgan fingerprint density at radius 2 is 2.14 bits per heavy atom. The molecular weight excluding hydrogens is 300 g/mol. The van der Waals surface area contributed by atoms with E-state index in [4.69, 9.17) is 10.5 Å². The Balaban J connectivity index is 2.30. The summed E-state index contributed by atoms with van der Waals surface area (Å²) in [6, 6.07) is 7.81. The maximum atomic E-state index is 12.2. The molecule has 0 amide bonds. The van der Waals surface area contributed by atoms with Gasteiger partial charge in [-0.25, -0.2) is 4.79 Å². The number of alkyl halides is 2. The Morgan fingerprint density at radius 3 is 2.81 bits per heavy atom. The van der Waals surface area contributed by atoms with Crippen molar-refractivity contribution in [1.29, 1.82) is 0 Å². The number of benzene rings is 1. The van der Waals surface area contributed by atoms with E-state index in [2.05, 4.69) is 4.74 Å². The third kappa shape index (κ3) is 3.69. The van der Waals surface area contributed by atoms with E-state index in [0.29, 0.717) is 21.0 Å². The third-order valence-electron chi connectivity index (χ3n) is 2.57. The average molecular weight is 313 g/mol. The number of carbonyl (C=O) groups excluding carboxylic acids is 1. The maximum Gasteiger partial charge on any atom is 0.387 e. The van der Waals surface area contributed by atoms with Gasteiger partial charge < -0.3 is 15.2 Å². The first kappa shape index (κ1) is 15.2. The van der Waals surface area contributed by atoms with Gasteiger partial charge in [0.25, 0.3) is 0 Å². The third-order valence-corrected chi connectivity index (χ3v) is 3.75. The Labute approximate surface area is 124 Å². The first-order valence-electron chi connectivity index (χ1n) is 6.13. The summed E-state index contributed by atoms with van der Waals surface area (Å²) in [7, 11) is 0. The number of halogens is 2. The van der Waals surface area contributed by atoms with E-state index in [1.54, 1.807) is 25.1 Å². The van der Waals surface area contributed by atoms with Crippen LogP contribution in [0.15, 0.2) is 30.3 Å². The number of nitrogen functional groups attached to an aromatic ring is 1. The Bertz CT molecular complexity index is 643. The van der Waals surface area contributed by atoms with Crippen LogP contribution in [0.25, 0.3) is 10.4 Å². The van der Waals surface area contributed by atoms with Crippen LogP contribution in [-0.2, 0) is 4.74 Å². The molecule has 1 aromatic carbocycles. The van der Waals surface area contributed by atoms with Gasteiger partial charge in [0, 0.05) is 4.88 Å². The molecule has 0 aliphatic rings. The molecule has 0 bridgehead atoms. The molecule has 0 unspecified atom stereocenters. The van der Waals surface area contributed by atoms with Crippen LogP contribution in [0.2, 0.25) is 0 Å². The first-order valence-corrected chi connectivity index (χ1v) is 6.94. The van der Waals surface area contributed by atoms with Crippen molar-refractivity contribution in [2.45, 2.75) is 13.5 Å². The highest BCUT2D eigenvalue weighted by atomic mass is 32.1. The van der Waals surface area contributed by atoms with Gasteiger partial charge in [-0.1, -0.05) is 12.1 Å². The number of hydrogen-bond donors (Lipinski definition) is 1. The molecule has 4 nitrogen and oxygen atoms in total. The Hall–Kier alpha value is -2.15. The molecule has 0 saturated carbocycles. The lowest BCUT2D eigenvalue weighted by atomic mass is 10.2. The SMILES string of the molecule is CCOC(=O)c1sc(-c2cccc(OC(F)F)c2)cc1N. The number of carbonyl (C=O) groups is 1. The second-order valence-electron chi connectivity index (χ2n) is 4.02. The number of rotatable bonds is 5. The number of nitrogens with two attached hydrogens (primary N) is 1. The molecule has 2 N–H and O–H groups in total. The molecule has 0 saturated heterocycles. The lowest BCUT2D eigenvalue weighted by molar-refractivity contribution is -0.0498. The molecule has 1 aromatic heterocycles. The predicted octanol–water partition coefficient (Wildman–Crippen LogP) is 3.78. The van der Waals surface area contributed by atoms with E-state index >= 15 is 0 Å². The number of anilines is 1. The van der Waals surface area contributed by atoms with Gasteiger partial charge in [0.2, 0.25) is 0 Å². The largest absolute Gasteiger partial charge is 0.462 e. The van der Waals surface area contributed by atoms with E-state index < -0.39 is 12.6 Å². The highest BCUT2D eigenvalue weighted by Gasteiger charge is 2.16. The van der Waals surface area contributed by atoms with Gasteiger partial charge in [0.1, 0.15) is 10.6 Å². The zero-order valence-electron chi connectivity index (χ0n) is 11.1. The van der Waals surface area contributed by atoms with Crippen molar-refractivity contribution in [1.82, 2.24) is 0 Å². The van der Waals surface area contributed by atoms with E-state index in [9.17, 15) is 13.6 Å². The summed E-state index contributed by atoms with van der Waals surface area (Å²) in [6.45, 7) is -0.930. The lowest BCUT2D eigenvalue weighted by Gasteiger charge is -2.05. The highest BCUT2D eigenvalue weighted by molar-refractivity contribution is 7.18. The summed E-state index contributed by atoms with van der Waals surface area (Å²) in [5, 5.41) is 0. The fourth-order valence-electron chi connectivity index (χ4n) is 1.73. The van der Waals surface area contributed by atoms with E-state index in [0.717, 1.165) is 11.3 Å². The fourth-order valence-corrected chi connectivity index (χ4v) is 2.70. The normalized spacial score (nSPS) is 10.7. The summed E-state index contributed by atoms with van der Waals surface area (Å²) >= 11 is 1.15. The van der Waals surface area contributed by atoms with Crippen molar-refractivity contribution in [3.63, 3.8) is 0 Å².